The van der Waals surface area contributed by atoms with Crippen molar-refractivity contribution in [1.82, 2.24) is 4.90 Å². The molecular weight excluding hydrogens is 262 g/mol. The van der Waals surface area contributed by atoms with E-state index in [1.807, 2.05) is 0 Å². The molecule has 0 saturated carbocycles. The molecule has 1 aromatic carbocycles. The van der Waals surface area contributed by atoms with Crippen LogP contribution in [0.5, 0.6) is 0 Å². The van der Waals surface area contributed by atoms with E-state index < -0.39 is 30.4 Å². The van der Waals surface area contributed by atoms with Crippen molar-refractivity contribution >= 4 is 5.78 Å². The number of carbonyl (C=O) groups is 1. The molecule has 0 spiro atoms. The third-order valence-corrected chi connectivity index (χ3v) is 2.84. The van der Waals surface area contributed by atoms with Gasteiger partial charge in [-0.25, -0.2) is 4.39 Å². The Bertz CT molecular complexity index is 427. The van der Waals surface area contributed by atoms with E-state index in [-0.39, 0.29) is 12.1 Å². The molecule has 0 aliphatic rings. The molecule has 0 aliphatic heterocycles. The lowest BCUT2D eigenvalue weighted by Gasteiger charge is -2.27. The van der Waals surface area contributed by atoms with E-state index in [1.165, 1.54) is 19.1 Å². The molecule has 2 nitrogen and oxygen atoms in total. The zero-order valence-electron chi connectivity index (χ0n) is 10.7. The monoisotopic (exact) mass is 277 g/mol. The topological polar surface area (TPSA) is 20.3 Å². The standard InChI is InChI=1S/C13H15F4NO/c1-3-18(8-13(15,16)17)9(2)12(19)10-4-6-11(14)7-5-10/h4-7,9H,3,8H2,1-2H3. The van der Waals surface area contributed by atoms with Gasteiger partial charge in [0.25, 0.3) is 0 Å². The smallest absolute Gasteiger partial charge is 0.292 e. The van der Waals surface area contributed by atoms with Gasteiger partial charge in [-0.05, 0) is 37.7 Å². The SMILES string of the molecule is CCN(CC(F)(F)F)C(C)C(=O)c1ccc(F)cc1. The second-order valence-corrected chi connectivity index (χ2v) is 4.23. The average Bonchev–Trinajstić information content (AvgIpc) is 2.34. The van der Waals surface area contributed by atoms with Crippen LogP contribution in [0.1, 0.15) is 24.2 Å². The van der Waals surface area contributed by atoms with Crippen LogP contribution in [0.25, 0.3) is 0 Å². The molecule has 0 amide bonds. The molecule has 0 N–H and O–H groups in total. The minimum absolute atomic E-state index is 0.105. The molecule has 1 rings (SSSR count). The molecule has 6 heteroatoms. The summed E-state index contributed by atoms with van der Waals surface area (Å²) in [5.74, 6) is -0.946. The van der Waals surface area contributed by atoms with Gasteiger partial charge in [0.2, 0.25) is 0 Å². The van der Waals surface area contributed by atoms with Gasteiger partial charge in [0, 0.05) is 5.56 Å². The molecule has 1 aromatic rings. The highest BCUT2D eigenvalue weighted by Gasteiger charge is 2.34. The first-order chi connectivity index (χ1) is 8.74. The van der Waals surface area contributed by atoms with Gasteiger partial charge in [-0.1, -0.05) is 6.92 Å². The van der Waals surface area contributed by atoms with Crippen molar-refractivity contribution in [3.05, 3.63) is 35.6 Å². The highest BCUT2D eigenvalue weighted by molar-refractivity contribution is 5.99. The molecule has 0 aromatic heterocycles. The molecule has 0 heterocycles. The minimum atomic E-state index is -4.35. The predicted molar refractivity (Wildman–Crippen MR) is 63.5 cm³/mol. The lowest BCUT2D eigenvalue weighted by atomic mass is 10.0. The molecule has 1 unspecified atom stereocenters. The number of hydrogen-bond donors (Lipinski definition) is 0. The number of nitrogens with zero attached hydrogens (tertiary/aromatic N) is 1. The molecule has 19 heavy (non-hydrogen) atoms. The fourth-order valence-electron chi connectivity index (χ4n) is 1.77. The van der Waals surface area contributed by atoms with Crippen molar-refractivity contribution in [3.8, 4) is 0 Å². The quantitative estimate of drug-likeness (QED) is 0.608. The number of ketones is 1. The Morgan fingerprint density at radius 1 is 1.26 bits per heavy atom. The minimum Gasteiger partial charge on any atom is -0.292 e. The van der Waals surface area contributed by atoms with Crippen molar-refractivity contribution in [2.24, 2.45) is 0 Å². The number of rotatable bonds is 5. The summed E-state index contributed by atoms with van der Waals surface area (Å²) in [5.41, 5.74) is 0.203. The largest absolute Gasteiger partial charge is 0.401 e. The third-order valence-electron chi connectivity index (χ3n) is 2.84. The summed E-state index contributed by atoms with van der Waals surface area (Å²) in [6.45, 7) is 1.94. The van der Waals surface area contributed by atoms with Crippen molar-refractivity contribution in [1.29, 1.82) is 0 Å². The Kier molecular flexibility index (Phi) is 5.05. The predicted octanol–water partition coefficient (Wildman–Crippen LogP) is 3.28. The van der Waals surface area contributed by atoms with Gasteiger partial charge >= 0.3 is 6.18 Å². The summed E-state index contributed by atoms with van der Waals surface area (Å²) in [6, 6.07) is 3.86. The second-order valence-electron chi connectivity index (χ2n) is 4.23. The van der Waals surface area contributed by atoms with Crippen LogP contribution < -0.4 is 0 Å². The molecule has 106 valence electrons. The van der Waals surface area contributed by atoms with E-state index in [0.717, 1.165) is 17.0 Å². The van der Waals surface area contributed by atoms with Crippen molar-refractivity contribution in [3.63, 3.8) is 0 Å². The summed E-state index contributed by atoms with van der Waals surface area (Å²) in [5, 5.41) is 0. The van der Waals surface area contributed by atoms with Gasteiger partial charge in [0.15, 0.2) is 5.78 Å². The first-order valence-electron chi connectivity index (χ1n) is 5.85. The molecule has 0 radical (unpaired) electrons. The van der Waals surface area contributed by atoms with E-state index in [4.69, 9.17) is 0 Å². The van der Waals surface area contributed by atoms with Gasteiger partial charge in [-0.15, -0.1) is 0 Å². The summed E-state index contributed by atoms with van der Waals surface area (Å²) in [7, 11) is 0. The van der Waals surface area contributed by atoms with E-state index >= 15 is 0 Å². The first-order valence-corrected chi connectivity index (χ1v) is 5.85. The maximum atomic E-state index is 12.7. The zero-order chi connectivity index (χ0) is 14.6. The number of hydrogen-bond acceptors (Lipinski definition) is 2. The molecule has 0 aliphatic carbocycles. The second kappa shape index (κ2) is 6.14. The maximum absolute atomic E-state index is 12.7. The maximum Gasteiger partial charge on any atom is 0.401 e. The van der Waals surface area contributed by atoms with E-state index in [0.29, 0.717) is 0 Å². The Labute approximate surface area is 109 Å². The molecule has 0 fully saturated rings. The van der Waals surface area contributed by atoms with Gasteiger partial charge in [-0.2, -0.15) is 13.2 Å². The lowest BCUT2D eigenvalue weighted by molar-refractivity contribution is -0.147. The van der Waals surface area contributed by atoms with E-state index in [2.05, 4.69) is 0 Å². The van der Waals surface area contributed by atoms with E-state index in [9.17, 15) is 22.4 Å². The molecule has 0 bridgehead atoms. The third kappa shape index (κ3) is 4.63. The van der Waals surface area contributed by atoms with Crippen LogP contribution in [0, 0.1) is 5.82 Å². The fourth-order valence-corrected chi connectivity index (χ4v) is 1.77. The summed E-state index contributed by atoms with van der Waals surface area (Å²) >= 11 is 0. The number of alkyl halides is 3. The average molecular weight is 277 g/mol. The molecule has 1 atom stereocenters. The Morgan fingerprint density at radius 3 is 2.21 bits per heavy atom. The molecular formula is C13H15F4NO. The zero-order valence-corrected chi connectivity index (χ0v) is 10.7. The number of halogens is 4. The van der Waals surface area contributed by atoms with Gasteiger partial charge < -0.3 is 0 Å². The van der Waals surface area contributed by atoms with Crippen LogP contribution in [0.15, 0.2) is 24.3 Å². The molecule has 0 saturated heterocycles. The van der Waals surface area contributed by atoms with E-state index in [1.54, 1.807) is 6.92 Å². The summed E-state index contributed by atoms with van der Waals surface area (Å²) in [4.78, 5) is 13.0. The van der Waals surface area contributed by atoms with Crippen LogP contribution in [0.3, 0.4) is 0 Å². The highest BCUT2D eigenvalue weighted by Crippen LogP contribution is 2.19. The van der Waals surface area contributed by atoms with Gasteiger partial charge in [0.1, 0.15) is 5.82 Å². The number of benzene rings is 1. The summed E-state index contributed by atoms with van der Waals surface area (Å²) in [6.07, 6.45) is -4.35. The van der Waals surface area contributed by atoms with Crippen LogP contribution in [-0.4, -0.2) is 36.0 Å². The van der Waals surface area contributed by atoms with Crippen molar-refractivity contribution in [2.75, 3.05) is 13.1 Å². The normalized spacial score (nSPS) is 13.6. The van der Waals surface area contributed by atoms with Gasteiger partial charge in [-0.3, -0.25) is 9.69 Å². The van der Waals surface area contributed by atoms with Crippen LogP contribution in [0.2, 0.25) is 0 Å². The van der Waals surface area contributed by atoms with Crippen LogP contribution in [0.4, 0.5) is 17.6 Å². The van der Waals surface area contributed by atoms with Crippen molar-refractivity contribution in [2.45, 2.75) is 26.1 Å². The Morgan fingerprint density at radius 2 is 1.79 bits per heavy atom. The van der Waals surface area contributed by atoms with Crippen molar-refractivity contribution < 1.29 is 22.4 Å². The number of carbonyl (C=O) groups excluding carboxylic acids is 1. The summed E-state index contributed by atoms with van der Waals surface area (Å²) < 4.78 is 49.8. The van der Waals surface area contributed by atoms with Crippen LogP contribution >= 0.6 is 0 Å². The Hall–Kier alpha value is -1.43. The lowest BCUT2D eigenvalue weighted by Crippen LogP contribution is -2.44. The highest BCUT2D eigenvalue weighted by atomic mass is 19.4. The Balaban J connectivity index is 2.82. The number of likely N-dealkylation sites (N-methyl/N-ethyl adjacent to an activating group) is 1. The van der Waals surface area contributed by atoms with Crippen LogP contribution in [-0.2, 0) is 0 Å². The fraction of sp³-hybridized carbons (Fsp3) is 0.462. The van der Waals surface area contributed by atoms with Gasteiger partial charge in [0.05, 0.1) is 12.6 Å². The first kappa shape index (κ1) is 15.6. The number of Topliss-reactive ketones (excluding diaryl/α,β-unsaturated/α-hetero) is 1.